The van der Waals surface area contributed by atoms with Gasteiger partial charge in [0, 0.05) is 6.42 Å². The fourth-order valence-electron chi connectivity index (χ4n) is 1.97. The highest BCUT2D eigenvalue weighted by Crippen LogP contribution is 2.07. The Bertz CT molecular complexity index is 542. The van der Waals surface area contributed by atoms with Crippen LogP contribution in [0.25, 0.3) is 0 Å². The fourth-order valence-corrected chi connectivity index (χ4v) is 1.97. The lowest BCUT2D eigenvalue weighted by Gasteiger charge is -2.20. The minimum absolute atomic E-state index is 0.0501. The van der Waals surface area contributed by atoms with Gasteiger partial charge in [0.2, 0.25) is 0 Å². The smallest absolute Gasteiger partial charge is 0.408 e. The van der Waals surface area contributed by atoms with Crippen molar-refractivity contribution in [1.29, 1.82) is 0 Å². The summed E-state index contributed by atoms with van der Waals surface area (Å²) >= 11 is 0. The number of alkyl carbamates (subject to hydrolysis) is 1. The number of hydrogen-bond donors (Lipinski definition) is 1. The number of ketones is 1. The van der Waals surface area contributed by atoms with Crippen molar-refractivity contribution in [3.05, 3.63) is 35.9 Å². The molecular formula is C18H25NO5. The van der Waals surface area contributed by atoms with E-state index in [-0.39, 0.29) is 24.9 Å². The van der Waals surface area contributed by atoms with Crippen LogP contribution in [0.15, 0.2) is 30.3 Å². The molecule has 0 aliphatic heterocycles. The molecule has 0 aliphatic rings. The van der Waals surface area contributed by atoms with Crippen molar-refractivity contribution in [2.24, 2.45) is 5.92 Å². The molecule has 132 valence electrons. The first-order valence-corrected chi connectivity index (χ1v) is 8.03. The van der Waals surface area contributed by atoms with Gasteiger partial charge in [0.05, 0.1) is 6.61 Å². The molecule has 0 aliphatic carbocycles. The maximum atomic E-state index is 12.1. The topological polar surface area (TPSA) is 81.7 Å². The van der Waals surface area contributed by atoms with Crippen molar-refractivity contribution in [3.63, 3.8) is 0 Å². The molecule has 0 fully saturated rings. The minimum atomic E-state index is -0.786. The van der Waals surface area contributed by atoms with Gasteiger partial charge in [0.1, 0.15) is 18.4 Å². The van der Waals surface area contributed by atoms with Crippen LogP contribution in [0.2, 0.25) is 0 Å². The average molecular weight is 335 g/mol. The number of carbonyl (C=O) groups excluding carboxylic acids is 3. The van der Waals surface area contributed by atoms with Crippen molar-refractivity contribution in [3.8, 4) is 0 Å². The highest BCUT2D eigenvalue weighted by Gasteiger charge is 2.26. The predicted octanol–water partition coefficient (Wildman–Crippen LogP) is 2.85. The van der Waals surface area contributed by atoms with E-state index >= 15 is 0 Å². The normalized spacial score (nSPS) is 11.7. The third-order valence-electron chi connectivity index (χ3n) is 3.32. The van der Waals surface area contributed by atoms with Crippen molar-refractivity contribution in [2.75, 3.05) is 6.61 Å². The van der Waals surface area contributed by atoms with Crippen LogP contribution in [0.3, 0.4) is 0 Å². The van der Waals surface area contributed by atoms with Crippen LogP contribution < -0.4 is 5.32 Å². The molecule has 0 unspecified atom stereocenters. The van der Waals surface area contributed by atoms with Gasteiger partial charge in [0.25, 0.3) is 0 Å². The zero-order valence-corrected chi connectivity index (χ0v) is 14.4. The summed E-state index contributed by atoms with van der Waals surface area (Å²) < 4.78 is 10.2. The second kappa shape index (κ2) is 10.4. The van der Waals surface area contributed by atoms with Crippen LogP contribution in [0.4, 0.5) is 4.79 Å². The van der Waals surface area contributed by atoms with Crippen molar-refractivity contribution in [1.82, 2.24) is 5.32 Å². The fraction of sp³-hybridized carbons (Fsp3) is 0.500. The lowest BCUT2D eigenvalue weighted by molar-refractivity contribution is -0.147. The zero-order valence-electron chi connectivity index (χ0n) is 14.4. The number of amides is 1. The summed E-state index contributed by atoms with van der Waals surface area (Å²) in [6.45, 7) is 5.38. The average Bonchev–Trinajstić information content (AvgIpc) is 2.55. The van der Waals surface area contributed by atoms with Crippen LogP contribution in [0.5, 0.6) is 0 Å². The molecule has 0 bridgehead atoms. The number of carbonyl (C=O) groups is 3. The number of esters is 1. The highest BCUT2D eigenvalue weighted by atomic mass is 16.6. The summed E-state index contributed by atoms with van der Waals surface area (Å²) in [7, 11) is 0. The standard InChI is InChI=1S/C18H25NO5/c1-13(2)16(17(21)23-11-7-8-14(3)20)19-18(22)24-12-15-9-5-4-6-10-15/h4-6,9-10,13,16H,7-8,11-12H2,1-3H3,(H,19,22)/t16-/m0/s1. The van der Waals surface area contributed by atoms with Crippen LogP contribution in [0.1, 0.15) is 39.2 Å². The van der Waals surface area contributed by atoms with Gasteiger partial charge in [-0.15, -0.1) is 0 Å². The molecule has 0 spiro atoms. The summed E-state index contributed by atoms with van der Waals surface area (Å²) in [5.41, 5.74) is 0.862. The predicted molar refractivity (Wildman–Crippen MR) is 89.3 cm³/mol. The van der Waals surface area contributed by atoms with Crippen LogP contribution >= 0.6 is 0 Å². The first-order valence-electron chi connectivity index (χ1n) is 8.03. The molecular weight excluding hydrogens is 310 g/mol. The van der Waals surface area contributed by atoms with E-state index in [1.165, 1.54) is 6.92 Å². The largest absolute Gasteiger partial charge is 0.464 e. The van der Waals surface area contributed by atoms with Gasteiger partial charge >= 0.3 is 12.1 Å². The Morgan fingerprint density at radius 2 is 1.75 bits per heavy atom. The molecule has 6 nitrogen and oxygen atoms in total. The molecule has 0 saturated carbocycles. The SMILES string of the molecule is CC(=O)CCCOC(=O)[C@@H](NC(=O)OCc1ccccc1)C(C)C. The first kappa shape index (κ1) is 19.7. The molecule has 1 atom stereocenters. The van der Waals surface area contributed by atoms with Gasteiger partial charge in [0.15, 0.2) is 0 Å². The maximum absolute atomic E-state index is 12.1. The molecule has 24 heavy (non-hydrogen) atoms. The van der Waals surface area contributed by atoms with Crippen LogP contribution in [-0.2, 0) is 25.7 Å². The summed E-state index contributed by atoms with van der Waals surface area (Å²) in [6, 6.07) is 8.48. The van der Waals surface area contributed by atoms with Gasteiger partial charge in [-0.25, -0.2) is 9.59 Å². The van der Waals surface area contributed by atoms with E-state index in [0.717, 1.165) is 5.56 Å². The molecule has 0 aromatic heterocycles. The van der Waals surface area contributed by atoms with E-state index in [9.17, 15) is 14.4 Å². The van der Waals surface area contributed by atoms with Crippen molar-refractivity contribution < 1.29 is 23.9 Å². The number of rotatable bonds is 9. The van der Waals surface area contributed by atoms with E-state index in [4.69, 9.17) is 9.47 Å². The molecule has 0 radical (unpaired) electrons. The van der Waals surface area contributed by atoms with Gasteiger partial charge in [-0.3, -0.25) is 0 Å². The summed E-state index contributed by atoms with van der Waals surface area (Å²) in [4.78, 5) is 34.8. The third-order valence-corrected chi connectivity index (χ3v) is 3.32. The minimum Gasteiger partial charge on any atom is -0.464 e. The number of ether oxygens (including phenoxy) is 2. The van der Waals surface area contributed by atoms with Gasteiger partial charge in [-0.05, 0) is 24.8 Å². The van der Waals surface area contributed by atoms with Crippen LogP contribution in [0, 0.1) is 5.92 Å². The van der Waals surface area contributed by atoms with E-state index in [1.54, 1.807) is 13.8 Å². The zero-order chi connectivity index (χ0) is 17.9. The number of nitrogens with one attached hydrogen (secondary N) is 1. The van der Waals surface area contributed by atoms with Gasteiger partial charge < -0.3 is 19.6 Å². The molecule has 1 rings (SSSR count). The molecule has 6 heteroatoms. The Kier molecular flexibility index (Phi) is 8.54. The molecule has 0 heterocycles. The van der Waals surface area contributed by atoms with E-state index in [1.807, 2.05) is 30.3 Å². The van der Waals surface area contributed by atoms with Crippen LogP contribution in [-0.4, -0.2) is 30.5 Å². The maximum Gasteiger partial charge on any atom is 0.408 e. The molecule has 1 aromatic carbocycles. The Labute approximate surface area is 142 Å². The number of benzene rings is 1. The van der Waals surface area contributed by atoms with E-state index < -0.39 is 18.1 Å². The number of hydrogen-bond acceptors (Lipinski definition) is 5. The summed E-state index contributed by atoms with van der Waals surface area (Å²) in [5, 5.41) is 2.53. The molecule has 1 amide bonds. The van der Waals surface area contributed by atoms with E-state index in [0.29, 0.717) is 12.8 Å². The second-order valence-corrected chi connectivity index (χ2v) is 5.90. The Morgan fingerprint density at radius 1 is 1.08 bits per heavy atom. The van der Waals surface area contributed by atoms with Gasteiger partial charge in [-0.2, -0.15) is 0 Å². The molecule has 1 N–H and O–H groups in total. The Morgan fingerprint density at radius 3 is 2.33 bits per heavy atom. The van der Waals surface area contributed by atoms with Crippen molar-refractivity contribution in [2.45, 2.75) is 46.3 Å². The summed E-state index contributed by atoms with van der Waals surface area (Å²) in [5.74, 6) is -0.617. The highest BCUT2D eigenvalue weighted by molar-refractivity contribution is 5.81. The van der Waals surface area contributed by atoms with E-state index in [2.05, 4.69) is 5.32 Å². The second-order valence-electron chi connectivity index (χ2n) is 5.90. The Hall–Kier alpha value is -2.37. The molecule has 1 aromatic rings. The Balaban J connectivity index is 2.42. The van der Waals surface area contributed by atoms with Crippen molar-refractivity contribution >= 4 is 17.8 Å². The summed E-state index contributed by atoms with van der Waals surface area (Å²) in [6.07, 6.45) is 0.175. The number of Topliss-reactive ketones (excluding diaryl/α,β-unsaturated/α-hetero) is 1. The monoisotopic (exact) mass is 335 g/mol. The van der Waals surface area contributed by atoms with Gasteiger partial charge in [-0.1, -0.05) is 44.2 Å². The lowest BCUT2D eigenvalue weighted by atomic mass is 10.1. The first-order chi connectivity index (χ1) is 11.4. The quantitative estimate of drug-likeness (QED) is 0.554. The lowest BCUT2D eigenvalue weighted by Crippen LogP contribution is -2.45. The third kappa shape index (κ3) is 7.76. The molecule has 0 saturated heterocycles.